The maximum Gasteiger partial charge on any atom is 0.161 e. The molecule has 1 aliphatic rings. The van der Waals surface area contributed by atoms with Gasteiger partial charge >= 0.3 is 0 Å². The van der Waals surface area contributed by atoms with E-state index < -0.39 is 6.10 Å². The maximum absolute atomic E-state index is 10.3. The van der Waals surface area contributed by atoms with E-state index in [9.17, 15) is 5.11 Å². The van der Waals surface area contributed by atoms with Crippen molar-refractivity contribution in [3.63, 3.8) is 0 Å². The monoisotopic (exact) mass is 421 g/mol. The van der Waals surface area contributed by atoms with Gasteiger partial charge in [-0.2, -0.15) is 0 Å². The van der Waals surface area contributed by atoms with Crippen molar-refractivity contribution in [2.75, 3.05) is 26.4 Å². The van der Waals surface area contributed by atoms with Crippen molar-refractivity contribution in [1.29, 1.82) is 0 Å². The molecule has 2 N–H and O–H groups in total. The summed E-state index contributed by atoms with van der Waals surface area (Å²) in [7, 11) is 0. The lowest BCUT2D eigenvalue weighted by Gasteiger charge is -2.22. The Morgan fingerprint density at radius 1 is 0.871 bits per heavy atom. The minimum atomic E-state index is -0.639. The number of aliphatic hydroxyl groups excluding tert-OH is 1. The van der Waals surface area contributed by atoms with Crippen LogP contribution in [0.25, 0.3) is 0 Å². The van der Waals surface area contributed by atoms with Crippen molar-refractivity contribution in [2.24, 2.45) is 0 Å². The highest BCUT2D eigenvalue weighted by Gasteiger charge is 2.15. The summed E-state index contributed by atoms with van der Waals surface area (Å²) >= 11 is 0. The standard InChI is InChI=1S/C25H27NO5/c1-18(19-7-12-24-25(15-19)29-14-13-28-24)26-16-20(27)17-30-21-8-10-23(11-9-21)31-22-5-3-2-4-6-22/h2-12,15,18,20,26-27H,13-14,16-17H2,1H3/t18-,20-/m1/s1. The van der Waals surface area contributed by atoms with Crippen molar-refractivity contribution in [3.05, 3.63) is 78.4 Å². The summed E-state index contributed by atoms with van der Waals surface area (Å²) in [5, 5.41) is 13.6. The second-order valence-electron chi connectivity index (χ2n) is 7.38. The van der Waals surface area contributed by atoms with E-state index in [2.05, 4.69) is 5.32 Å². The molecular weight excluding hydrogens is 394 g/mol. The molecule has 1 aliphatic heterocycles. The fourth-order valence-corrected chi connectivity index (χ4v) is 3.24. The second-order valence-corrected chi connectivity index (χ2v) is 7.38. The molecule has 0 aromatic heterocycles. The summed E-state index contributed by atoms with van der Waals surface area (Å²) in [5.41, 5.74) is 1.08. The minimum absolute atomic E-state index is 0.0555. The first-order chi connectivity index (χ1) is 15.2. The van der Waals surface area contributed by atoms with Crippen molar-refractivity contribution in [3.8, 4) is 28.7 Å². The van der Waals surface area contributed by atoms with Crippen LogP contribution >= 0.6 is 0 Å². The smallest absolute Gasteiger partial charge is 0.161 e. The van der Waals surface area contributed by atoms with E-state index in [1.54, 1.807) is 0 Å². The summed E-state index contributed by atoms with van der Waals surface area (Å²) < 4.78 is 22.7. The highest BCUT2D eigenvalue weighted by molar-refractivity contribution is 5.44. The molecule has 0 amide bonds. The zero-order valence-corrected chi connectivity index (χ0v) is 17.5. The molecule has 0 radical (unpaired) electrons. The van der Waals surface area contributed by atoms with Gasteiger partial charge in [-0.3, -0.25) is 0 Å². The van der Waals surface area contributed by atoms with Gasteiger partial charge in [0.15, 0.2) is 11.5 Å². The quantitative estimate of drug-likeness (QED) is 0.536. The van der Waals surface area contributed by atoms with Crippen LogP contribution in [0.4, 0.5) is 0 Å². The molecule has 6 nitrogen and oxygen atoms in total. The van der Waals surface area contributed by atoms with Crippen molar-refractivity contribution in [1.82, 2.24) is 5.32 Å². The molecule has 4 rings (SSSR count). The number of rotatable bonds is 9. The Kier molecular flexibility index (Phi) is 6.92. The van der Waals surface area contributed by atoms with Gasteiger partial charge in [0.25, 0.3) is 0 Å². The van der Waals surface area contributed by atoms with Crippen LogP contribution in [-0.4, -0.2) is 37.6 Å². The molecule has 0 saturated carbocycles. The predicted octanol–water partition coefficient (Wildman–Crippen LogP) is 4.34. The van der Waals surface area contributed by atoms with Gasteiger partial charge in [-0.15, -0.1) is 0 Å². The number of fused-ring (bicyclic) bond motifs is 1. The second kappa shape index (κ2) is 10.2. The van der Waals surface area contributed by atoms with Gasteiger partial charge in [-0.25, -0.2) is 0 Å². The van der Waals surface area contributed by atoms with Crippen LogP contribution < -0.4 is 24.3 Å². The first-order valence-corrected chi connectivity index (χ1v) is 10.4. The van der Waals surface area contributed by atoms with Gasteiger partial charge in [0.1, 0.15) is 43.2 Å². The number of nitrogens with one attached hydrogen (secondary N) is 1. The molecule has 0 spiro atoms. The molecular formula is C25H27NO5. The Balaban J connectivity index is 1.21. The Labute approximate surface area is 182 Å². The molecule has 2 atom stereocenters. The van der Waals surface area contributed by atoms with Crippen LogP contribution in [0.3, 0.4) is 0 Å². The fraction of sp³-hybridized carbons (Fsp3) is 0.280. The minimum Gasteiger partial charge on any atom is -0.491 e. The highest BCUT2D eigenvalue weighted by Crippen LogP contribution is 2.32. The van der Waals surface area contributed by atoms with Gasteiger partial charge in [-0.05, 0) is 61.0 Å². The van der Waals surface area contributed by atoms with Crippen molar-refractivity contribution < 1.29 is 24.1 Å². The Bertz CT molecular complexity index is 961. The number of benzene rings is 3. The predicted molar refractivity (Wildman–Crippen MR) is 118 cm³/mol. The molecule has 3 aromatic rings. The maximum atomic E-state index is 10.3. The van der Waals surface area contributed by atoms with Crippen LogP contribution in [0, 0.1) is 0 Å². The van der Waals surface area contributed by atoms with E-state index in [0.29, 0.717) is 25.5 Å². The molecule has 0 unspecified atom stereocenters. The number of aliphatic hydroxyl groups is 1. The Morgan fingerprint density at radius 3 is 2.32 bits per heavy atom. The van der Waals surface area contributed by atoms with Crippen LogP contribution in [0.2, 0.25) is 0 Å². The molecule has 31 heavy (non-hydrogen) atoms. The fourth-order valence-electron chi connectivity index (χ4n) is 3.24. The molecule has 3 aromatic carbocycles. The first-order valence-electron chi connectivity index (χ1n) is 10.4. The average Bonchev–Trinajstić information content (AvgIpc) is 2.82. The van der Waals surface area contributed by atoms with Gasteiger partial charge < -0.3 is 29.4 Å². The third kappa shape index (κ3) is 5.90. The average molecular weight is 421 g/mol. The highest BCUT2D eigenvalue weighted by atomic mass is 16.6. The lowest BCUT2D eigenvalue weighted by Crippen LogP contribution is -2.33. The molecule has 0 saturated heterocycles. The third-order valence-corrected chi connectivity index (χ3v) is 4.97. The third-order valence-electron chi connectivity index (χ3n) is 4.97. The summed E-state index contributed by atoms with van der Waals surface area (Å²) in [5.74, 6) is 3.73. The number of hydrogen-bond donors (Lipinski definition) is 2. The van der Waals surface area contributed by atoms with Crippen LogP contribution in [0.1, 0.15) is 18.5 Å². The molecule has 0 bridgehead atoms. The van der Waals surface area contributed by atoms with Crippen LogP contribution in [0.5, 0.6) is 28.7 Å². The topological polar surface area (TPSA) is 69.2 Å². The zero-order valence-electron chi connectivity index (χ0n) is 17.5. The Hall–Kier alpha value is -3.22. The number of hydrogen-bond acceptors (Lipinski definition) is 6. The van der Waals surface area contributed by atoms with E-state index >= 15 is 0 Å². The van der Waals surface area contributed by atoms with Gasteiger partial charge in [-0.1, -0.05) is 24.3 Å². The van der Waals surface area contributed by atoms with Crippen molar-refractivity contribution >= 4 is 0 Å². The SMILES string of the molecule is C[C@@H](NC[C@@H](O)COc1ccc(Oc2ccccc2)cc1)c1ccc2c(c1)OCCO2. The van der Waals surface area contributed by atoms with Crippen LogP contribution in [0.15, 0.2) is 72.8 Å². The van der Waals surface area contributed by atoms with Crippen LogP contribution in [-0.2, 0) is 0 Å². The first kappa shape index (κ1) is 21.0. The van der Waals surface area contributed by atoms with E-state index in [1.807, 2.05) is 79.7 Å². The zero-order chi connectivity index (χ0) is 21.5. The summed E-state index contributed by atoms with van der Waals surface area (Å²) in [6.45, 7) is 3.79. The van der Waals surface area contributed by atoms with E-state index in [1.165, 1.54) is 0 Å². The van der Waals surface area contributed by atoms with Gasteiger partial charge in [0.05, 0.1) is 0 Å². The van der Waals surface area contributed by atoms with E-state index in [-0.39, 0.29) is 12.6 Å². The van der Waals surface area contributed by atoms with E-state index in [0.717, 1.165) is 28.6 Å². The Morgan fingerprint density at radius 2 is 1.55 bits per heavy atom. The summed E-state index contributed by atoms with van der Waals surface area (Å²) in [4.78, 5) is 0. The van der Waals surface area contributed by atoms with Gasteiger partial charge in [0.2, 0.25) is 0 Å². The molecule has 0 fully saturated rings. The van der Waals surface area contributed by atoms with Gasteiger partial charge in [0, 0.05) is 12.6 Å². The summed E-state index contributed by atoms with van der Waals surface area (Å²) in [6, 6.07) is 22.9. The van der Waals surface area contributed by atoms with Crippen molar-refractivity contribution in [2.45, 2.75) is 19.1 Å². The van der Waals surface area contributed by atoms with E-state index in [4.69, 9.17) is 18.9 Å². The molecule has 0 aliphatic carbocycles. The molecule has 1 heterocycles. The lowest BCUT2D eigenvalue weighted by molar-refractivity contribution is 0.104. The molecule has 162 valence electrons. The lowest BCUT2D eigenvalue weighted by atomic mass is 10.1. The number of ether oxygens (including phenoxy) is 4. The largest absolute Gasteiger partial charge is 0.491 e. The molecule has 6 heteroatoms. The normalized spacial score (nSPS) is 14.5. The summed E-state index contributed by atoms with van der Waals surface area (Å²) in [6.07, 6.45) is -0.639. The number of para-hydroxylation sites is 1.